The number of nitrogens with one attached hydrogen (secondary N) is 2. The molecule has 2 aromatic carbocycles. The lowest BCUT2D eigenvalue weighted by Gasteiger charge is -2.11. The van der Waals surface area contributed by atoms with E-state index in [4.69, 9.17) is 9.47 Å². The Morgan fingerprint density at radius 2 is 1.84 bits per heavy atom. The number of anilines is 1. The van der Waals surface area contributed by atoms with E-state index in [-0.39, 0.29) is 28.5 Å². The van der Waals surface area contributed by atoms with Gasteiger partial charge in [-0.15, -0.1) is 0 Å². The number of carbonyl (C=O) groups excluding carboxylic acids is 3. The molecule has 0 aliphatic carbocycles. The molecule has 0 bridgehead atoms. The van der Waals surface area contributed by atoms with E-state index in [2.05, 4.69) is 20.0 Å². The Labute approximate surface area is 182 Å². The third-order valence-electron chi connectivity index (χ3n) is 4.20. The molecule has 31 heavy (non-hydrogen) atoms. The van der Waals surface area contributed by atoms with Crippen LogP contribution in [0.2, 0.25) is 0 Å². The zero-order valence-corrected chi connectivity index (χ0v) is 18.0. The van der Waals surface area contributed by atoms with Gasteiger partial charge < -0.3 is 24.5 Å². The molecule has 0 saturated heterocycles. The van der Waals surface area contributed by atoms with Crippen molar-refractivity contribution in [2.75, 3.05) is 31.9 Å². The van der Waals surface area contributed by atoms with E-state index in [1.54, 1.807) is 0 Å². The van der Waals surface area contributed by atoms with Crippen LogP contribution in [0, 0.1) is 0 Å². The number of aromatic nitrogens is 2. The van der Waals surface area contributed by atoms with E-state index in [0.717, 1.165) is 16.8 Å². The van der Waals surface area contributed by atoms with Gasteiger partial charge >= 0.3 is 11.9 Å². The molecule has 0 fully saturated rings. The van der Waals surface area contributed by atoms with Gasteiger partial charge in [-0.1, -0.05) is 11.8 Å². The second-order valence-corrected chi connectivity index (χ2v) is 7.20. The molecule has 1 aromatic heterocycles. The van der Waals surface area contributed by atoms with Crippen molar-refractivity contribution in [3.8, 4) is 5.75 Å². The van der Waals surface area contributed by atoms with Crippen LogP contribution in [0.25, 0.3) is 11.0 Å². The fourth-order valence-corrected chi connectivity index (χ4v) is 3.48. The molecule has 162 valence electrons. The van der Waals surface area contributed by atoms with Gasteiger partial charge in [-0.2, -0.15) is 0 Å². The van der Waals surface area contributed by atoms with Crippen LogP contribution < -0.4 is 10.1 Å². The van der Waals surface area contributed by atoms with E-state index in [1.165, 1.54) is 44.2 Å². The summed E-state index contributed by atoms with van der Waals surface area (Å²) in [6, 6.07) is 9.70. The van der Waals surface area contributed by atoms with Crippen LogP contribution >= 0.6 is 11.8 Å². The summed E-state index contributed by atoms with van der Waals surface area (Å²) >= 11 is 1.20. The zero-order chi connectivity index (χ0) is 22.4. The molecule has 0 saturated carbocycles. The Bertz CT molecular complexity index is 1130. The van der Waals surface area contributed by atoms with Crippen molar-refractivity contribution in [1.29, 1.82) is 0 Å². The quantitative estimate of drug-likeness (QED) is 0.402. The highest BCUT2D eigenvalue weighted by Gasteiger charge is 2.18. The maximum absolute atomic E-state index is 12.5. The lowest BCUT2D eigenvalue weighted by atomic mass is 10.1. The maximum Gasteiger partial charge on any atom is 0.339 e. The Balaban J connectivity index is 1.72. The fourth-order valence-electron chi connectivity index (χ4n) is 2.79. The van der Waals surface area contributed by atoms with E-state index in [1.807, 2.05) is 25.1 Å². The molecule has 0 unspecified atom stereocenters. The van der Waals surface area contributed by atoms with Gasteiger partial charge in [0, 0.05) is 6.07 Å². The van der Waals surface area contributed by atoms with Crippen LogP contribution in [-0.4, -0.2) is 54.4 Å². The smallest absolute Gasteiger partial charge is 0.339 e. The van der Waals surface area contributed by atoms with Crippen LogP contribution in [0.4, 0.5) is 5.69 Å². The highest BCUT2D eigenvalue weighted by atomic mass is 32.2. The van der Waals surface area contributed by atoms with Gasteiger partial charge in [0.25, 0.3) is 0 Å². The molecule has 0 spiro atoms. The van der Waals surface area contributed by atoms with E-state index in [9.17, 15) is 14.4 Å². The Morgan fingerprint density at radius 1 is 1.06 bits per heavy atom. The summed E-state index contributed by atoms with van der Waals surface area (Å²) in [7, 11) is 2.48. The first-order valence-electron chi connectivity index (χ1n) is 9.31. The number of nitrogens with zero attached hydrogens (tertiary/aromatic N) is 1. The maximum atomic E-state index is 12.5. The first-order valence-corrected chi connectivity index (χ1v) is 10.3. The number of ether oxygens (including phenoxy) is 3. The molecule has 1 heterocycles. The second-order valence-electron chi connectivity index (χ2n) is 6.23. The first-order chi connectivity index (χ1) is 14.9. The van der Waals surface area contributed by atoms with E-state index in [0.29, 0.717) is 11.8 Å². The van der Waals surface area contributed by atoms with Crippen molar-refractivity contribution in [3.63, 3.8) is 0 Å². The topological polar surface area (TPSA) is 120 Å². The summed E-state index contributed by atoms with van der Waals surface area (Å²) in [6.45, 7) is 2.47. The molecule has 3 rings (SSSR count). The van der Waals surface area contributed by atoms with Crippen LogP contribution in [-0.2, 0) is 14.3 Å². The summed E-state index contributed by atoms with van der Waals surface area (Å²) in [6.07, 6.45) is 0. The summed E-state index contributed by atoms with van der Waals surface area (Å²) in [4.78, 5) is 43.9. The summed E-state index contributed by atoms with van der Waals surface area (Å²) in [5, 5.41) is 3.21. The summed E-state index contributed by atoms with van der Waals surface area (Å²) < 4.78 is 14.9. The van der Waals surface area contributed by atoms with E-state index >= 15 is 0 Å². The number of methoxy groups -OCH3 is 2. The van der Waals surface area contributed by atoms with Crippen molar-refractivity contribution in [2.24, 2.45) is 0 Å². The summed E-state index contributed by atoms with van der Waals surface area (Å²) in [5.74, 6) is -0.848. The van der Waals surface area contributed by atoms with Crippen LogP contribution in [0.5, 0.6) is 5.75 Å². The average molecular weight is 443 g/mol. The van der Waals surface area contributed by atoms with Gasteiger partial charge in [-0.3, -0.25) is 4.79 Å². The van der Waals surface area contributed by atoms with Crippen molar-refractivity contribution in [3.05, 3.63) is 47.5 Å². The number of rotatable bonds is 8. The highest BCUT2D eigenvalue weighted by molar-refractivity contribution is 7.99. The molecule has 0 aliphatic rings. The Hall–Kier alpha value is -3.53. The second kappa shape index (κ2) is 9.98. The average Bonchev–Trinajstić information content (AvgIpc) is 3.19. The Kier molecular flexibility index (Phi) is 7.14. The molecule has 0 radical (unpaired) electrons. The SMILES string of the molecule is CCOc1ccc2nc(SCC(=O)Nc3cc(C(=O)OC)ccc3C(=O)OC)[nH]c2c1. The van der Waals surface area contributed by atoms with Gasteiger partial charge in [0.15, 0.2) is 5.16 Å². The monoisotopic (exact) mass is 443 g/mol. The van der Waals surface area contributed by atoms with Crippen molar-refractivity contribution >= 4 is 46.3 Å². The highest BCUT2D eigenvalue weighted by Crippen LogP contribution is 2.24. The lowest BCUT2D eigenvalue weighted by molar-refractivity contribution is -0.113. The third kappa shape index (κ3) is 5.34. The van der Waals surface area contributed by atoms with Gasteiger partial charge in [-0.05, 0) is 37.3 Å². The van der Waals surface area contributed by atoms with Gasteiger partial charge in [0.1, 0.15) is 5.75 Å². The molecule has 1 amide bonds. The van der Waals surface area contributed by atoms with E-state index < -0.39 is 11.9 Å². The van der Waals surface area contributed by atoms with Crippen LogP contribution in [0.3, 0.4) is 0 Å². The molecule has 9 nitrogen and oxygen atoms in total. The predicted molar refractivity (Wildman–Crippen MR) is 116 cm³/mol. The van der Waals surface area contributed by atoms with Gasteiger partial charge in [-0.25, -0.2) is 14.6 Å². The van der Waals surface area contributed by atoms with Crippen molar-refractivity contribution < 1.29 is 28.6 Å². The zero-order valence-electron chi connectivity index (χ0n) is 17.2. The minimum atomic E-state index is -0.637. The first kappa shape index (κ1) is 22.2. The minimum absolute atomic E-state index is 0.0290. The molecular weight excluding hydrogens is 422 g/mol. The molecule has 3 aromatic rings. The number of fused-ring (bicyclic) bond motifs is 1. The number of hydrogen-bond donors (Lipinski definition) is 2. The number of benzene rings is 2. The standard InChI is InChI=1S/C21H21N3O6S/c1-4-30-13-6-8-15-17(10-13)24-21(23-15)31-11-18(25)22-16-9-12(19(26)28-2)5-7-14(16)20(27)29-3/h5-10H,4,11H2,1-3H3,(H,22,25)(H,23,24). The van der Waals surface area contributed by atoms with Crippen LogP contribution in [0.1, 0.15) is 27.6 Å². The minimum Gasteiger partial charge on any atom is -0.494 e. The normalized spacial score (nSPS) is 10.5. The molecular formula is C21H21N3O6S. The number of aromatic amines is 1. The fraction of sp³-hybridized carbons (Fsp3) is 0.238. The number of amides is 1. The van der Waals surface area contributed by atoms with Gasteiger partial charge in [0.05, 0.1) is 54.4 Å². The third-order valence-corrected chi connectivity index (χ3v) is 5.08. The number of thioether (sulfide) groups is 1. The lowest BCUT2D eigenvalue weighted by Crippen LogP contribution is -2.18. The largest absolute Gasteiger partial charge is 0.494 e. The molecule has 0 aliphatic heterocycles. The van der Waals surface area contributed by atoms with Crippen LogP contribution in [0.15, 0.2) is 41.6 Å². The number of imidazole rings is 1. The van der Waals surface area contributed by atoms with Crippen molar-refractivity contribution in [2.45, 2.75) is 12.1 Å². The summed E-state index contributed by atoms with van der Waals surface area (Å²) in [5.41, 5.74) is 2.03. The molecule has 0 atom stereocenters. The molecule has 10 heteroatoms. The predicted octanol–water partition coefficient (Wildman–Crippen LogP) is 3.27. The molecule has 2 N–H and O–H groups in total. The number of H-pyrrole nitrogens is 1. The number of hydrogen-bond acceptors (Lipinski definition) is 8. The number of esters is 2. The van der Waals surface area contributed by atoms with Crippen molar-refractivity contribution in [1.82, 2.24) is 9.97 Å². The van der Waals surface area contributed by atoms with Gasteiger partial charge in [0.2, 0.25) is 5.91 Å². The Morgan fingerprint density at radius 3 is 2.55 bits per heavy atom. The number of carbonyl (C=O) groups is 3.